The van der Waals surface area contributed by atoms with Gasteiger partial charge in [-0.1, -0.05) is 0 Å². The average Bonchev–Trinajstić information content (AvgIpc) is 3.63. The SMILES string of the molecule is COc1cc(CC2CO2)cc(-c2cc(CC3CO3)cc(OC)c2OC)c1OC. The molecule has 0 saturated carbocycles. The maximum Gasteiger partial charge on any atom is 0.168 e. The van der Waals surface area contributed by atoms with Crippen LogP contribution in [-0.4, -0.2) is 53.9 Å². The van der Waals surface area contributed by atoms with Crippen LogP contribution in [0.3, 0.4) is 0 Å². The van der Waals surface area contributed by atoms with Crippen molar-refractivity contribution in [1.29, 1.82) is 0 Å². The molecule has 2 unspecified atom stereocenters. The van der Waals surface area contributed by atoms with Crippen LogP contribution in [0.15, 0.2) is 24.3 Å². The second kappa shape index (κ2) is 7.89. The summed E-state index contributed by atoms with van der Waals surface area (Å²) in [7, 11) is 6.60. The van der Waals surface area contributed by atoms with E-state index in [0.29, 0.717) is 23.0 Å². The highest BCUT2D eigenvalue weighted by Crippen LogP contribution is 2.47. The van der Waals surface area contributed by atoms with Crippen molar-refractivity contribution in [1.82, 2.24) is 0 Å². The number of ether oxygens (including phenoxy) is 6. The molecule has 0 N–H and O–H groups in total. The Bertz CT molecular complexity index is 783. The maximum atomic E-state index is 5.73. The fourth-order valence-corrected chi connectivity index (χ4v) is 3.58. The predicted molar refractivity (Wildman–Crippen MR) is 105 cm³/mol. The first-order valence-corrected chi connectivity index (χ1v) is 9.40. The lowest BCUT2D eigenvalue weighted by Crippen LogP contribution is -2.02. The Morgan fingerprint density at radius 2 is 1.07 bits per heavy atom. The molecule has 2 aromatic carbocycles. The molecule has 4 rings (SSSR count). The molecule has 6 heteroatoms. The molecule has 2 aliphatic rings. The van der Waals surface area contributed by atoms with Crippen LogP contribution in [-0.2, 0) is 22.3 Å². The lowest BCUT2D eigenvalue weighted by atomic mass is 9.95. The lowest BCUT2D eigenvalue weighted by Gasteiger charge is -2.19. The predicted octanol–water partition coefficient (Wildman–Crippen LogP) is 3.27. The van der Waals surface area contributed by atoms with E-state index in [0.717, 1.165) is 48.3 Å². The van der Waals surface area contributed by atoms with Crippen LogP contribution in [0, 0.1) is 0 Å². The largest absolute Gasteiger partial charge is 0.493 e. The van der Waals surface area contributed by atoms with E-state index in [4.69, 9.17) is 28.4 Å². The van der Waals surface area contributed by atoms with Gasteiger partial charge in [-0.25, -0.2) is 0 Å². The van der Waals surface area contributed by atoms with Gasteiger partial charge in [0.15, 0.2) is 23.0 Å². The molecule has 0 spiro atoms. The van der Waals surface area contributed by atoms with Crippen LogP contribution in [0.4, 0.5) is 0 Å². The van der Waals surface area contributed by atoms with Crippen molar-refractivity contribution in [3.63, 3.8) is 0 Å². The average molecular weight is 386 g/mol. The molecule has 28 heavy (non-hydrogen) atoms. The van der Waals surface area contributed by atoms with Crippen molar-refractivity contribution < 1.29 is 28.4 Å². The molecule has 0 aliphatic carbocycles. The quantitative estimate of drug-likeness (QED) is 0.617. The fourth-order valence-electron chi connectivity index (χ4n) is 3.58. The molecule has 2 aliphatic heterocycles. The van der Waals surface area contributed by atoms with Gasteiger partial charge in [0.05, 0.1) is 53.9 Å². The smallest absolute Gasteiger partial charge is 0.168 e. The van der Waals surface area contributed by atoms with Crippen molar-refractivity contribution in [2.24, 2.45) is 0 Å². The highest BCUT2D eigenvalue weighted by atomic mass is 16.6. The number of epoxide rings is 2. The third kappa shape index (κ3) is 3.88. The molecule has 0 aromatic heterocycles. The number of hydrogen-bond donors (Lipinski definition) is 0. The van der Waals surface area contributed by atoms with E-state index in [1.54, 1.807) is 28.4 Å². The normalized spacial score (nSPS) is 19.9. The molecular formula is C22H26O6. The van der Waals surface area contributed by atoms with Gasteiger partial charge in [-0.2, -0.15) is 0 Å². The van der Waals surface area contributed by atoms with Crippen molar-refractivity contribution >= 4 is 0 Å². The topological polar surface area (TPSA) is 62.0 Å². The van der Waals surface area contributed by atoms with Gasteiger partial charge in [0, 0.05) is 24.0 Å². The molecule has 0 radical (unpaired) electrons. The first-order valence-electron chi connectivity index (χ1n) is 9.40. The zero-order valence-corrected chi connectivity index (χ0v) is 16.7. The summed E-state index contributed by atoms with van der Waals surface area (Å²) in [4.78, 5) is 0. The van der Waals surface area contributed by atoms with Crippen LogP contribution in [0.1, 0.15) is 11.1 Å². The highest BCUT2D eigenvalue weighted by molar-refractivity contribution is 5.82. The van der Waals surface area contributed by atoms with Gasteiger partial charge < -0.3 is 28.4 Å². The van der Waals surface area contributed by atoms with Crippen LogP contribution in [0.5, 0.6) is 23.0 Å². The monoisotopic (exact) mass is 386 g/mol. The van der Waals surface area contributed by atoms with Gasteiger partial charge in [-0.3, -0.25) is 0 Å². The van der Waals surface area contributed by atoms with Gasteiger partial charge in [-0.05, 0) is 35.4 Å². The minimum absolute atomic E-state index is 0.278. The minimum Gasteiger partial charge on any atom is -0.493 e. The molecule has 2 heterocycles. The summed E-state index contributed by atoms with van der Waals surface area (Å²) in [5.74, 6) is 2.71. The van der Waals surface area contributed by atoms with Gasteiger partial charge in [0.2, 0.25) is 0 Å². The van der Waals surface area contributed by atoms with Gasteiger partial charge >= 0.3 is 0 Å². The summed E-state index contributed by atoms with van der Waals surface area (Å²) in [5, 5.41) is 0. The second-order valence-corrected chi connectivity index (χ2v) is 7.08. The van der Waals surface area contributed by atoms with Crippen LogP contribution in [0.2, 0.25) is 0 Å². The first kappa shape index (κ1) is 18.9. The van der Waals surface area contributed by atoms with E-state index in [9.17, 15) is 0 Å². The maximum absolute atomic E-state index is 5.73. The van der Waals surface area contributed by atoms with Crippen LogP contribution >= 0.6 is 0 Å². The summed E-state index contributed by atoms with van der Waals surface area (Å²) in [6.07, 6.45) is 2.23. The van der Waals surface area contributed by atoms with Gasteiger partial charge in [-0.15, -0.1) is 0 Å². The van der Waals surface area contributed by atoms with Crippen LogP contribution in [0.25, 0.3) is 11.1 Å². The third-order valence-electron chi connectivity index (χ3n) is 5.10. The van der Waals surface area contributed by atoms with E-state index >= 15 is 0 Å². The summed E-state index contributed by atoms with van der Waals surface area (Å²) >= 11 is 0. The molecular weight excluding hydrogens is 360 g/mol. The Balaban J connectivity index is 1.87. The van der Waals surface area contributed by atoms with E-state index in [1.807, 2.05) is 12.1 Å². The molecule has 150 valence electrons. The summed E-state index contributed by atoms with van der Waals surface area (Å²) in [6.45, 7) is 1.61. The standard InChI is InChI=1S/C22H26O6/c1-23-19-9-13(5-15-11-27-15)7-17(21(19)25-3)18-8-14(6-16-12-28-16)10-20(24-2)22(18)26-4/h7-10,15-16H,5-6,11-12H2,1-4H3. The molecule has 6 nitrogen and oxygen atoms in total. The van der Waals surface area contributed by atoms with Crippen molar-refractivity contribution in [2.45, 2.75) is 25.0 Å². The molecule has 2 fully saturated rings. The Hall–Kier alpha value is -2.44. The van der Waals surface area contributed by atoms with Gasteiger partial charge in [0.25, 0.3) is 0 Å². The van der Waals surface area contributed by atoms with Crippen molar-refractivity contribution in [2.75, 3.05) is 41.7 Å². The number of rotatable bonds is 9. The van der Waals surface area contributed by atoms with Gasteiger partial charge in [0.1, 0.15) is 0 Å². The zero-order valence-electron chi connectivity index (χ0n) is 16.7. The Labute approximate surface area is 165 Å². The summed E-state index contributed by atoms with van der Waals surface area (Å²) in [5.41, 5.74) is 4.08. The number of benzene rings is 2. The number of hydrogen-bond acceptors (Lipinski definition) is 6. The van der Waals surface area contributed by atoms with E-state index in [1.165, 1.54) is 0 Å². The Morgan fingerprint density at radius 3 is 1.36 bits per heavy atom. The molecule has 2 saturated heterocycles. The molecule has 0 bridgehead atoms. The summed E-state index contributed by atoms with van der Waals surface area (Å²) < 4.78 is 33.5. The van der Waals surface area contributed by atoms with E-state index < -0.39 is 0 Å². The van der Waals surface area contributed by atoms with Crippen molar-refractivity contribution in [3.8, 4) is 34.1 Å². The Kier molecular flexibility index (Phi) is 5.33. The summed E-state index contributed by atoms with van der Waals surface area (Å²) in [6, 6.07) is 8.26. The minimum atomic E-state index is 0.278. The second-order valence-electron chi connectivity index (χ2n) is 7.08. The lowest BCUT2D eigenvalue weighted by molar-refractivity contribution is 0.351. The third-order valence-corrected chi connectivity index (χ3v) is 5.10. The highest BCUT2D eigenvalue weighted by Gasteiger charge is 2.27. The first-order chi connectivity index (χ1) is 13.7. The zero-order chi connectivity index (χ0) is 19.7. The van der Waals surface area contributed by atoms with E-state index in [2.05, 4.69) is 12.1 Å². The van der Waals surface area contributed by atoms with Crippen molar-refractivity contribution in [3.05, 3.63) is 35.4 Å². The van der Waals surface area contributed by atoms with E-state index in [-0.39, 0.29) is 12.2 Å². The molecule has 2 aromatic rings. The molecule has 2 atom stereocenters. The number of methoxy groups -OCH3 is 4. The molecule has 0 amide bonds. The Morgan fingerprint density at radius 1 is 0.679 bits per heavy atom. The van der Waals surface area contributed by atoms with Crippen LogP contribution < -0.4 is 18.9 Å². The fraction of sp³-hybridized carbons (Fsp3) is 0.455.